The molecule has 3 rings (SSSR count). The maximum absolute atomic E-state index is 6.01. The molecule has 0 saturated carbocycles. The van der Waals surface area contributed by atoms with Crippen molar-refractivity contribution in [3.8, 4) is 0 Å². The SMILES string of the molecule is C/C(=C\c1coc2nc(N)nc(N)c12)c1cccc(Cl)c1. The van der Waals surface area contributed by atoms with Gasteiger partial charge in [-0.1, -0.05) is 23.7 Å². The summed E-state index contributed by atoms with van der Waals surface area (Å²) in [7, 11) is 0. The van der Waals surface area contributed by atoms with Gasteiger partial charge >= 0.3 is 0 Å². The standard InChI is InChI=1S/C15H13ClN4O/c1-8(9-3-2-4-11(16)6-9)5-10-7-21-14-12(10)13(17)19-15(18)20-14/h2-7H,1H3,(H4,17,18,19,20)/b8-5+. The van der Waals surface area contributed by atoms with Crippen molar-refractivity contribution in [2.45, 2.75) is 6.92 Å². The highest BCUT2D eigenvalue weighted by Crippen LogP contribution is 2.29. The smallest absolute Gasteiger partial charge is 0.233 e. The van der Waals surface area contributed by atoms with Crippen LogP contribution in [-0.2, 0) is 0 Å². The molecule has 4 N–H and O–H groups in total. The highest BCUT2D eigenvalue weighted by molar-refractivity contribution is 6.30. The minimum Gasteiger partial charge on any atom is -0.445 e. The Bertz CT molecular complexity index is 854. The lowest BCUT2D eigenvalue weighted by atomic mass is 10.0. The van der Waals surface area contributed by atoms with Crippen molar-refractivity contribution in [3.63, 3.8) is 0 Å². The first-order chi connectivity index (χ1) is 10.0. The maximum Gasteiger partial charge on any atom is 0.233 e. The molecular formula is C15H13ClN4O. The molecule has 2 heterocycles. The van der Waals surface area contributed by atoms with Gasteiger partial charge in [0.05, 0.1) is 5.39 Å². The number of rotatable bonds is 2. The van der Waals surface area contributed by atoms with Gasteiger partial charge in [0.25, 0.3) is 0 Å². The van der Waals surface area contributed by atoms with Crippen LogP contribution in [0.2, 0.25) is 5.02 Å². The van der Waals surface area contributed by atoms with Gasteiger partial charge in [-0.25, -0.2) is 0 Å². The molecule has 0 aliphatic carbocycles. The van der Waals surface area contributed by atoms with Crippen molar-refractivity contribution >= 4 is 46.1 Å². The highest BCUT2D eigenvalue weighted by atomic mass is 35.5. The Balaban J connectivity index is 2.11. The number of nitrogen functional groups attached to an aromatic ring is 2. The molecule has 0 saturated heterocycles. The molecular weight excluding hydrogens is 288 g/mol. The van der Waals surface area contributed by atoms with E-state index >= 15 is 0 Å². The van der Waals surface area contributed by atoms with Gasteiger partial charge in [-0.2, -0.15) is 9.97 Å². The summed E-state index contributed by atoms with van der Waals surface area (Å²) in [5, 5.41) is 1.35. The number of nitrogens with two attached hydrogens (primary N) is 2. The van der Waals surface area contributed by atoms with Crippen molar-refractivity contribution in [2.24, 2.45) is 0 Å². The number of anilines is 2. The van der Waals surface area contributed by atoms with E-state index in [1.54, 1.807) is 6.26 Å². The van der Waals surface area contributed by atoms with Crippen molar-refractivity contribution in [2.75, 3.05) is 11.5 Å². The zero-order valence-corrected chi connectivity index (χ0v) is 12.1. The third-order valence-corrected chi connectivity index (χ3v) is 3.39. The van der Waals surface area contributed by atoms with Crippen molar-refractivity contribution in [1.82, 2.24) is 9.97 Å². The molecule has 0 fully saturated rings. The molecule has 21 heavy (non-hydrogen) atoms. The summed E-state index contributed by atoms with van der Waals surface area (Å²) in [4.78, 5) is 7.98. The Hall–Kier alpha value is -2.53. The van der Waals surface area contributed by atoms with Crippen molar-refractivity contribution in [3.05, 3.63) is 46.7 Å². The van der Waals surface area contributed by atoms with Gasteiger partial charge in [-0.3, -0.25) is 0 Å². The van der Waals surface area contributed by atoms with E-state index in [0.717, 1.165) is 16.7 Å². The third kappa shape index (κ3) is 2.55. The first kappa shape index (κ1) is 13.5. The fourth-order valence-electron chi connectivity index (χ4n) is 2.17. The largest absolute Gasteiger partial charge is 0.445 e. The molecule has 0 amide bonds. The van der Waals surface area contributed by atoms with Crippen molar-refractivity contribution < 1.29 is 4.42 Å². The summed E-state index contributed by atoms with van der Waals surface area (Å²) < 4.78 is 5.39. The van der Waals surface area contributed by atoms with E-state index < -0.39 is 0 Å². The molecule has 0 bridgehead atoms. The van der Waals surface area contributed by atoms with Crippen LogP contribution >= 0.6 is 11.6 Å². The summed E-state index contributed by atoms with van der Waals surface area (Å²) in [6.07, 6.45) is 3.54. The van der Waals surface area contributed by atoms with Crippen LogP contribution in [0.15, 0.2) is 34.9 Å². The van der Waals surface area contributed by atoms with E-state index in [1.165, 1.54) is 0 Å². The second-order valence-electron chi connectivity index (χ2n) is 4.68. The molecule has 1 aromatic carbocycles. The third-order valence-electron chi connectivity index (χ3n) is 3.16. The second-order valence-corrected chi connectivity index (χ2v) is 5.11. The van der Waals surface area contributed by atoms with E-state index in [4.69, 9.17) is 27.5 Å². The number of aromatic nitrogens is 2. The Morgan fingerprint density at radius 1 is 1.29 bits per heavy atom. The summed E-state index contributed by atoms with van der Waals surface area (Å²) in [6.45, 7) is 1.98. The van der Waals surface area contributed by atoms with Crippen LogP contribution in [-0.4, -0.2) is 9.97 Å². The zero-order chi connectivity index (χ0) is 15.0. The van der Waals surface area contributed by atoms with Gasteiger partial charge in [0, 0.05) is 10.6 Å². The molecule has 0 aliphatic rings. The number of benzene rings is 1. The highest BCUT2D eigenvalue weighted by Gasteiger charge is 2.11. The fraction of sp³-hybridized carbons (Fsp3) is 0.0667. The molecule has 6 heteroatoms. The van der Waals surface area contributed by atoms with Gasteiger partial charge in [0.15, 0.2) is 0 Å². The molecule has 106 valence electrons. The van der Waals surface area contributed by atoms with E-state index in [9.17, 15) is 0 Å². The quantitative estimate of drug-likeness (QED) is 0.754. The second kappa shape index (κ2) is 5.10. The van der Waals surface area contributed by atoms with Gasteiger partial charge in [-0.15, -0.1) is 0 Å². The first-order valence-electron chi connectivity index (χ1n) is 6.29. The zero-order valence-electron chi connectivity index (χ0n) is 11.3. The predicted octanol–water partition coefficient (Wildman–Crippen LogP) is 3.60. The first-order valence-corrected chi connectivity index (χ1v) is 6.67. The van der Waals surface area contributed by atoms with Gasteiger partial charge < -0.3 is 15.9 Å². The Labute approximate surface area is 126 Å². The summed E-state index contributed by atoms with van der Waals surface area (Å²) in [5.41, 5.74) is 14.7. The fourth-order valence-corrected chi connectivity index (χ4v) is 2.36. The topological polar surface area (TPSA) is 91.0 Å². The number of nitrogens with zero attached hydrogens (tertiary/aromatic N) is 2. The Kier molecular flexibility index (Phi) is 3.27. The number of hydrogen-bond donors (Lipinski definition) is 2. The normalized spacial score (nSPS) is 12.0. The number of fused-ring (bicyclic) bond motifs is 1. The lowest BCUT2D eigenvalue weighted by molar-refractivity contribution is 0.602. The maximum atomic E-state index is 6.01. The minimum atomic E-state index is 0.0939. The van der Waals surface area contributed by atoms with E-state index in [0.29, 0.717) is 21.9 Å². The lowest BCUT2D eigenvalue weighted by Crippen LogP contribution is -1.99. The van der Waals surface area contributed by atoms with Crippen molar-refractivity contribution in [1.29, 1.82) is 0 Å². The van der Waals surface area contributed by atoms with Crippen LogP contribution in [0, 0.1) is 0 Å². The lowest BCUT2D eigenvalue weighted by Gasteiger charge is -2.02. The van der Waals surface area contributed by atoms with Crippen LogP contribution in [0.1, 0.15) is 18.1 Å². The van der Waals surface area contributed by atoms with Crippen LogP contribution in [0.25, 0.3) is 22.7 Å². The number of furan rings is 1. The van der Waals surface area contributed by atoms with Gasteiger partial charge in [-0.05, 0) is 36.3 Å². The van der Waals surface area contributed by atoms with E-state index in [2.05, 4.69) is 9.97 Å². The van der Waals surface area contributed by atoms with E-state index in [-0.39, 0.29) is 5.95 Å². The Morgan fingerprint density at radius 3 is 2.86 bits per heavy atom. The number of allylic oxidation sites excluding steroid dienone is 1. The van der Waals surface area contributed by atoms with Gasteiger partial charge in [0.1, 0.15) is 12.1 Å². The Morgan fingerprint density at radius 2 is 2.10 bits per heavy atom. The number of hydrogen-bond acceptors (Lipinski definition) is 5. The molecule has 0 unspecified atom stereocenters. The molecule has 0 spiro atoms. The van der Waals surface area contributed by atoms with E-state index in [1.807, 2.05) is 37.3 Å². The van der Waals surface area contributed by atoms with Gasteiger partial charge in [0.2, 0.25) is 11.7 Å². The molecule has 0 radical (unpaired) electrons. The molecule has 3 aromatic rings. The minimum absolute atomic E-state index is 0.0939. The van der Waals surface area contributed by atoms with Crippen LogP contribution < -0.4 is 11.5 Å². The predicted molar refractivity (Wildman–Crippen MR) is 85.6 cm³/mol. The van der Waals surface area contributed by atoms with Crippen LogP contribution in [0.3, 0.4) is 0 Å². The van der Waals surface area contributed by atoms with Crippen LogP contribution in [0.4, 0.5) is 11.8 Å². The molecule has 5 nitrogen and oxygen atoms in total. The molecule has 0 aliphatic heterocycles. The average molecular weight is 301 g/mol. The number of halogens is 1. The monoisotopic (exact) mass is 300 g/mol. The molecule has 0 atom stereocenters. The molecule has 2 aromatic heterocycles. The van der Waals surface area contributed by atoms with Crippen LogP contribution in [0.5, 0.6) is 0 Å². The average Bonchev–Trinajstić information content (AvgIpc) is 2.81. The summed E-state index contributed by atoms with van der Waals surface area (Å²) in [5.74, 6) is 0.396. The summed E-state index contributed by atoms with van der Waals surface area (Å²) in [6, 6.07) is 7.62. The summed E-state index contributed by atoms with van der Waals surface area (Å²) >= 11 is 6.01.